The van der Waals surface area contributed by atoms with Crippen molar-refractivity contribution in [2.75, 3.05) is 37.9 Å². The van der Waals surface area contributed by atoms with Gasteiger partial charge in [-0.2, -0.15) is 0 Å². The smallest absolute Gasteiger partial charge is 0.231 e. The molecule has 1 aromatic carbocycles. The molecule has 1 aromatic heterocycles. The van der Waals surface area contributed by atoms with Gasteiger partial charge in [-0.15, -0.1) is 0 Å². The van der Waals surface area contributed by atoms with Crippen molar-refractivity contribution in [1.29, 1.82) is 0 Å². The van der Waals surface area contributed by atoms with Crippen LogP contribution in [0, 0.1) is 0 Å². The van der Waals surface area contributed by atoms with Gasteiger partial charge in [-0.25, -0.2) is 0 Å². The summed E-state index contributed by atoms with van der Waals surface area (Å²) in [5, 5.41) is 0. The van der Waals surface area contributed by atoms with E-state index in [0.29, 0.717) is 6.42 Å². The van der Waals surface area contributed by atoms with Gasteiger partial charge in [0.15, 0.2) is 11.5 Å². The number of anilines is 1. The predicted molar refractivity (Wildman–Crippen MR) is 93.9 cm³/mol. The van der Waals surface area contributed by atoms with Crippen molar-refractivity contribution in [1.82, 2.24) is 9.88 Å². The van der Waals surface area contributed by atoms with E-state index in [9.17, 15) is 4.79 Å². The van der Waals surface area contributed by atoms with Crippen molar-refractivity contribution in [2.24, 2.45) is 0 Å². The molecule has 0 spiro atoms. The van der Waals surface area contributed by atoms with E-state index in [0.717, 1.165) is 49.7 Å². The minimum absolute atomic E-state index is 0.215. The molecule has 0 radical (unpaired) electrons. The highest BCUT2D eigenvalue weighted by molar-refractivity contribution is 5.76. The molecule has 6 nitrogen and oxygen atoms in total. The topological polar surface area (TPSA) is 54.9 Å². The Labute approximate surface area is 147 Å². The van der Waals surface area contributed by atoms with Gasteiger partial charge in [0.25, 0.3) is 0 Å². The number of hydrogen-bond donors (Lipinski definition) is 0. The summed E-state index contributed by atoms with van der Waals surface area (Å²) in [4.78, 5) is 20.8. The first-order valence-corrected chi connectivity index (χ1v) is 8.61. The Hall–Kier alpha value is -2.76. The molecule has 1 saturated heterocycles. The van der Waals surface area contributed by atoms with E-state index in [4.69, 9.17) is 9.47 Å². The van der Waals surface area contributed by atoms with Crippen LogP contribution in [0.3, 0.4) is 0 Å². The van der Waals surface area contributed by atoms with Crippen LogP contribution in [0.2, 0.25) is 0 Å². The highest BCUT2D eigenvalue weighted by Crippen LogP contribution is 2.32. The molecule has 0 N–H and O–H groups in total. The highest BCUT2D eigenvalue weighted by atomic mass is 16.7. The number of aryl methyl sites for hydroxylation is 1. The van der Waals surface area contributed by atoms with Gasteiger partial charge >= 0.3 is 0 Å². The number of nitrogens with zero attached hydrogens (tertiary/aromatic N) is 3. The third-order valence-corrected chi connectivity index (χ3v) is 4.72. The van der Waals surface area contributed by atoms with E-state index >= 15 is 0 Å². The Kier molecular flexibility index (Phi) is 4.41. The normalized spacial score (nSPS) is 16.2. The number of aromatic nitrogens is 1. The average molecular weight is 339 g/mol. The zero-order valence-electron chi connectivity index (χ0n) is 14.1. The van der Waals surface area contributed by atoms with E-state index in [1.165, 1.54) is 5.69 Å². The molecule has 0 saturated carbocycles. The molecule has 0 unspecified atom stereocenters. The van der Waals surface area contributed by atoms with Crippen molar-refractivity contribution >= 4 is 11.6 Å². The fourth-order valence-electron chi connectivity index (χ4n) is 3.27. The van der Waals surface area contributed by atoms with E-state index in [2.05, 4.69) is 9.88 Å². The maximum atomic E-state index is 12.5. The minimum Gasteiger partial charge on any atom is -0.454 e. The third-order valence-electron chi connectivity index (χ3n) is 4.72. The Morgan fingerprint density at radius 3 is 2.56 bits per heavy atom. The number of rotatable bonds is 4. The Morgan fingerprint density at radius 2 is 1.76 bits per heavy atom. The molecule has 25 heavy (non-hydrogen) atoms. The van der Waals surface area contributed by atoms with Crippen LogP contribution in [0.4, 0.5) is 5.69 Å². The quantitative estimate of drug-likeness (QED) is 0.854. The summed E-state index contributed by atoms with van der Waals surface area (Å²) in [6.07, 6.45) is 4.85. The molecule has 2 aromatic rings. The first-order valence-electron chi connectivity index (χ1n) is 8.61. The first-order chi connectivity index (χ1) is 12.3. The lowest BCUT2D eigenvalue weighted by Gasteiger charge is -2.36. The van der Waals surface area contributed by atoms with E-state index < -0.39 is 0 Å². The van der Waals surface area contributed by atoms with Crippen LogP contribution in [0.25, 0.3) is 0 Å². The lowest BCUT2D eigenvalue weighted by Crippen LogP contribution is -2.48. The average Bonchev–Trinajstić information content (AvgIpc) is 3.15. The van der Waals surface area contributed by atoms with Gasteiger partial charge in [0.1, 0.15) is 0 Å². The fraction of sp³-hybridized carbons (Fsp3) is 0.368. The van der Waals surface area contributed by atoms with Crippen molar-refractivity contribution < 1.29 is 14.3 Å². The fourth-order valence-corrected chi connectivity index (χ4v) is 3.27. The van der Waals surface area contributed by atoms with Gasteiger partial charge in [0, 0.05) is 50.7 Å². The zero-order valence-corrected chi connectivity index (χ0v) is 14.1. The van der Waals surface area contributed by atoms with Crippen molar-refractivity contribution in [2.45, 2.75) is 12.8 Å². The maximum absolute atomic E-state index is 12.5. The molecule has 1 amide bonds. The molecule has 0 bridgehead atoms. The summed E-state index contributed by atoms with van der Waals surface area (Å²) in [6.45, 7) is 3.53. The van der Waals surface area contributed by atoms with Crippen LogP contribution in [0.15, 0.2) is 42.7 Å². The van der Waals surface area contributed by atoms with Gasteiger partial charge in [0.2, 0.25) is 12.7 Å². The second kappa shape index (κ2) is 7.01. The summed E-state index contributed by atoms with van der Waals surface area (Å²) in [5.41, 5.74) is 2.27. The molecule has 130 valence electrons. The second-order valence-corrected chi connectivity index (χ2v) is 6.26. The molecular formula is C19H21N3O3. The Balaban J connectivity index is 1.28. The molecule has 2 aliphatic rings. The summed E-state index contributed by atoms with van der Waals surface area (Å²) in [5.74, 6) is 1.77. The number of piperazine rings is 1. The lowest BCUT2D eigenvalue weighted by atomic mass is 10.1. The monoisotopic (exact) mass is 339 g/mol. The zero-order chi connectivity index (χ0) is 17.1. The predicted octanol–water partition coefficient (Wildman–Crippen LogP) is 2.09. The Morgan fingerprint density at radius 1 is 1.00 bits per heavy atom. The number of amides is 1. The molecule has 0 aliphatic carbocycles. The number of carbonyl (C=O) groups is 1. The maximum Gasteiger partial charge on any atom is 0.231 e. The molecule has 0 atom stereocenters. The summed E-state index contributed by atoms with van der Waals surface area (Å²) >= 11 is 0. The van der Waals surface area contributed by atoms with Gasteiger partial charge in [-0.3, -0.25) is 9.78 Å². The summed E-state index contributed by atoms with van der Waals surface area (Å²) < 4.78 is 10.7. The second-order valence-electron chi connectivity index (χ2n) is 6.26. The van der Waals surface area contributed by atoms with Crippen molar-refractivity contribution in [3.05, 3.63) is 48.3 Å². The van der Waals surface area contributed by atoms with Crippen LogP contribution in [-0.4, -0.2) is 48.8 Å². The number of benzene rings is 1. The highest BCUT2D eigenvalue weighted by Gasteiger charge is 2.21. The lowest BCUT2D eigenvalue weighted by molar-refractivity contribution is -0.131. The van der Waals surface area contributed by atoms with E-state index in [-0.39, 0.29) is 12.7 Å². The molecule has 2 aliphatic heterocycles. The van der Waals surface area contributed by atoms with Gasteiger partial charge in [-0.1, -0.05) is 6.07 Å². The number of carbonyl (C=O) groups excluding carboxylic acids is 1. The van der Waals surface area contributed by atoms with Crippen molar-refractivity contribution in [3.8, 4) is 11.5 Å². The van der Waals surface area contributed by atoms with Gasteiger partial charge in [-0.05, 0) is 36.2 Å². The van der Waals surface area contributed by atoms with Crippen LogP contribution in [0.5, 0.6) is 11.5 Å². The molecular weight excluding hydrogens is 318 g/mol. The first kappa shape index (κ1) is 15.7. The largest absolute Gasteiger partial charge is 0.454 e. The van der Waals surface area contributed by atoms with Crippen LogP contribution < -0.4 is 14.4 Å². The molecule has 6 heteroatoms. The van der Waals surface area contributed by atoms with E-state index in [1.54, 1.807) is 12.4 Å². The number of fused-ring (bicyclic) bond motifs is 1. The van der Waals surface area contributed by atoms with Crippen LogP contribution >= 0.6 is 0 Å². The summed E-state index contributed by atoms with van der Waals surface area (Å²) in [7, 11) is 0. The molecule has 3 heterocycles. The molecule has 1 fully saturated rings. The van der Waals surface area contributed by atoms with Gasteiger partial charge < -0.3 is 19.3 Å². The standard InChI is InChI=1S/C19H21N3O3/c23-19(4-2-15-1-3-17-18(13-15)25-14-24-17)22-11-9-21(10-12-22)16-5-7-20-8-6-16/h1,3,5-8,13H,2,4,9-12,14H2. The number of ether oxygens (including phenoxy) is 2. The summed E-state index contributed by atoms with van der Waals surface area (Å²) in [6, 6.07) is 9.91. The van der Waals surface area contributed by atoms with Crippen molar-refractivity contribution in [3.63, 3.8) is 0 Å². The Bertz CT molecular complexity index is 743. The SMILES string of the molecule is O=C(CCc1ccc2c(c1)OCO2)N1CCN(c2ccncc2)CC1. The van der Waals surface area contributed by atoms with Crippen LogP contribution in [-0.2, 0) is 11.2 Å². The third kappa shape index (κ3) is 3.52. The van der Waals surface area contributed by atoms with Crippen LogP contribution in [0.1, 0.15) is 12.0 Å². The molecule has 4 rings (SSSR count). The van der Waals surface area contributed by atoms with E-state index in [1.807, 2.05) is 35.2 Å². The number of pyridine rings is 1. The van der Waals surface area contributed by atoms with Gasteiger partial charge in [0.05, 0.1) is 0 Å². The number of hydrogen-bond acceptors (Lipinski definition) is 5. The minimum atomic E-state index is 0.215.